The molecule has 0 spiro atoms. The summed E-state index contributed by atoms with van der Waals surface area (Å²) < 4.78 is 25.1. The Morgan fingerprint density at radius 3 is 2.83 bits per heavy atom. The maximum absolute atomic E-state index is 14.1. The van der Waals surface area contributed by atoms with Crippen molar-refractivity contribution >= 4 is 5.82 Å². The molecule has 30 heavy (non-hydrogen) atoms. The molecule has 3 aromatic rings. The van der Waals surface area contributed by atoms with E-state index in [9.17, 15) is 4.39 Å². The monoisotopic (exact) mass is 409 g/mol. The fourth-order valence-corrected chi connectivity index (χ4v) is 4.15. The molecule has 2 aliphatic rings. The average Bonchev–Trinajstić information content (AvgIpc) is 3.46. The molecule has 5 rings (SSSR count). The fourth-order valence-electron chi connectivity index (χ4n) is 4.15. The zero-order chi connectivity index (χ0) is 20.3. The molecule has 2 aliphatic heterocycles. The van der Waals surface area contributed by atoms with Gasteiger partial charge >= 0.3 is 0 Å². The summed E-state index contributed by atoms with van der Waals surface area (Å²) in [5, 5.41) is 4.22. The molecule has 1 aromatic carbocycles. The number of morpholine rings is 1. The van der Waals surface area contributed by atoms with Crippen LogP contribution < -0.4 is 4.90 Å². The summed E-state index contributed by atoms with van der Waals surface area (Å²) in [5.41, 5.74) is 1.56. The summed E-state index contributed by atoms with van der Waals surface area (Å²) in [6, 6.07) is 10.8. The summed E-state index contributed by atoms with van der Waals surface area (Å²) in [6.45, 7) is 4.47. The zero-order valence-electron chi connectivity index (χ0n) is 16.7. The fraction of sp³-hybridized carbons (Fsp3) is 0.409. The van der Waals surface area contributed by atoms with Crippen LogP contribution in [-0.2, 0) is 11.3 Å². The van der Waals surface area contributed by atoms with Crippen LogP contribution in [0.5, 0.6) is 0 Å². The second-order valence-corrected chi connectivity index (χ2v) is 7.68. The Morgan fingerprint density at radius 2 is 1.97 bits per heavy atom. The van der Waals surface area contributed by atoms with Crippen molar-refractivity contribution in [3.63, 3.8) is 0 Å². The topological polar surface area (TPSA) is 67.5 Å². The minimum absolute atomic E-state index is 0.00593. The van der Waals surface area contributed by atoms with E-state index in [1.54, 1.807) is 12.3 Å². The smallest absolute Gasteiger partial charge is 0.244 e. The van der Waals surface area contributed by atoms with E-state index < -0.39 is 0 Å². The van der Waals surface area contributed by atoms with Crippen LogP contribution in [-0.4, -0.2) is 52.9 Å². The van der Waals surface area contributed by atoms with Gasteiger partial charge < -0.3 is 14.2 Å². The molecule has 2 aromatic heterocycles. The number of likely N-dealkylation sites (tertiary alicyclic amines) is 1. The number of rotatable bonds is 5. The highest BCUT2D eigenvalue weighted by molar-refractivity contribution is 5.59. The Kier molecular flexibility index (Phi) is 5.42. The highest BCUT2D eigenvalue weighted by Crippen LogP contribution is 2.33. The molecular formula is C22H24FN5O2. The van der Waals surface area contributed by atoms with Gasteiger partial charge in [0.25, 0.3) is 0 Å². The van der Waals surface area contributed by atoms with Crippen molar-refractivity contribution in [3.8, 4) is 11.4 Å². The van der Waals surface area contributed by atoms with E-state index in [0.717, 1.165) is 43.9 Å². The predicted molar refractivity (Wildman–Crippen MR) is 109 cm³/mol. The molecule has 7 nitrogen and oxygen atoms in total. The van der Waals surface area contributed by atoms with Crippen LogP contribution in [0.1, 0.15) is 30.3 Å². The largest absolute Gasteiger partial charge is 0.378 e. The summed E-state index contributed by atoms with van der Waals surface area (Å²) in [7, 11) is 0. The van der Waals surface area contributed by atoms with Crippen molar-refractivity contribution < 1.29 is 13.7 Å². The Bertz CT molecular complexity index is 1000. The van der Waals surface area contributed by atoms with Gasteiger partial charge in [-0.25, -0.2) is 9.37 Å². The lowest BCUT2D eigenvalue weighted by molar-refractivity contribution is 0.122. The molecule has 0 bridgehead atoms. The zero-order valence-corrected chi connectivity index (χ0v) is 16.7. The molecule has 1 atom stereocenters. The highest BCUT2D eigenvalue weighted by atomic mass is 19.1. The van der Waals surface area contributed by atoms with E-state index >= 15 is 0 Å². The van der Waals surface area contributed by atoms with E-state index in [1.807, 2.05) is 24.3 Å². The van der Waals surface area contributed by atoms with Crippen molar-refractivity contribution in [1.82, 2.24) is 20.0 Å². The van der Waals surface area contributed by atoms with Gasteiger partial charge in [0.05, 0.1) is 19.3 Å². The van der Waals surface area contributed by atoms with Crippen molar-refractivity contribution in [1.29, 1.82) is 0 Å². The van der Waals surface area contributed by atoms with Crippen LogP contribution in [0.15, 0.2) is 47.1 Å². The van der Waals surface area contributed by atoms with Crippen LogP contribution in [0.4, 0.5) is 10.2 Å². The quantitative estimate of drug-likeness (QED) is 0.639. The first-order valence-corrected chi connectivity index (χ1v) is 10.4. The lowest BCUT2D eigenvalue weighted by Gasteiger charge is -2.27. The summed E-state index contributed by atoms with van der Waals surface area (Å²) in [4.78, 5) is 13.6. The molecule has 8 heteroatoms. The summed E-state index contributed by atoms with van der Waals surface area (Å²) in [6.07, 6.45) is 3.72. The molecule has 0 N–H and O–H groups in total. The van der Waals surface area contributed by atoms with Gasteiger partial charge in [-0.05, 0) is 37.6 Å². The molecule has 1 unspecified atom stereocenters. The number of benzene rings is 1. The van der Waals surface area contributed by atoms with E-state index in [4.69, 9.17) is 9.26 Å². The van der Waals surface area contributed by atoms with Crippen LogP contribution in [0.3, 0.4) is 0 Å². The number of anilines is 1. The minimum Gasteiger partial charge on any atom is -0.378 e. The average molecular weight is 409 g/mol. The van der Waals surface area contributed by atoms with E-state index in [-0.39, 0.29) is 11.9 Å². The normalized spacial score (nSPS) is 20.0. The Balaban J connectivity index is 1.34. The van der Waals surface area contributed by atoms with Crippen LogP contribution >= 0.6 is 0 Å². The lowest BCUT2D eigenvalue weighted by Crippen LogP contribution is -2.36. The minimum atomic E-state index is -0.179. The first-order valence-electron chi connectivity index (χ1n) is 10.4. The maximum atomic E-state index is 14.1. The third kappa shape index (κ3) is 3.93. The summed E-state index contributed by atoms with van der Waals surface area (Å²) >= 11 is 0. The number of hydrogen-bond donors (Lipinski definition) is 0. The number of halogens is 1. The summed E-state index contributed by atoms with van der Waals surface area (Å²) in [5.74, 6) is 1.86. The van der Waals surface area contributed by atoms with Gasteiger partial charge in [-0.15, -0.1) is 0 Å². The number of aromatic nitrogens is 3. The van der Waals surface area contributed by atoms with Gasteiger partial charge in [0.15, 0.2) is 0 Å². The van der Waals surface area contributed by atoms with Gasteiger partial charge in [0.2, 0.25) is 11.7 Å². The van der Waals surface area contributed by atoms with Crippen molar-refractivity contribution in [2.75, 3.05) is 37.7 Å². The SMILES string of the molecule is Fc1ccccc1CN1CCCC1c1nc(-c2ccnc(N3CCOCC3)c2)no1. The second kappa shape index (κ2) is 8.49. The van der Waals surface area contributed by atoms with Crippen molar-refractivity contribution in [3.05, 3.63) is 59.9 Å². The Morgan fingerprint density at radius 1 is 1.10 bits per heavy atom. The molecular weight excluding hydrogens is 385 g/mol. The first kappa shape index (κ1) is 19.1. The van der Waals surface area contributed by atoms with Crippen molar-refractivity contribution in [2.24, 2.45) is 0 Å². The molecule has 0 aliphatic carbocycles. The van der Waals surface area contributed by atoms with Gasteiger partial charge in [0, 0.05) is 37.0 Å². The molecule has 4 heterocycles. The van der Waals surface area contributed by atoms with E-state index in [1.165, 1.54) is 6.07 Å². The molecule has 2 fully saturated rings. The molecule has 2 saturated heterocycles. The molecule has 0 saturated carbocycles. The van der Waals surface area contributed by atoms with Gasteiger partial charge in [-0.1, -0.05) is 23.4 Å². The maximum Gasteiger partial charge on any atom is 0.244 e. The van der Waals surface area contributed by atoms with Gasteiger partial charge in [-0.2, -0.15) is 4.98 Å². The molecule has 0 radical (unpaired) electrons. The molecule has 0 amide bonds. The van der Waals surface area contributed by atoms with Crippen LogP contribution in [0.25, 0.3) is 11.4 Å². The highest BCUT2D eigenvalue weighted by Gasteiger charge is 2.31. The van der Waals surface area contributed by atoms with Gasteiger partial charge in [-0.3, -0.25) is 4.90 Å². The molecule has 156 valence electrons. The van der Waals surface area contributed by atoms with E-state index in [0.29, 0.717) is 37.0 Å². The third-order valence-electron chi connectivity index (χ3n) is 5.76. The number of ether oxygens (including phenoxy) is 1. The number of pyridine rings is 1. The Labute approximate surface area is 174 Å². The second-order valence-electron chi connectivity index (χ2n) is 7.68. The Hall–Kier alpha value is -2.84. The van der Waals surface area contributed by atoms with Gasteiger partial charge in [0.1, 0.15) is 11.6 Å². The van der Waals surface area contributed by atoms with Crippen LogP contribution in [0.2, 0.25) is 0 Å². The number of hydrogen-bond acceptors (Lipinski definition) is 7. The third-order valence-corrected chi connectivity index (χ3v) is 5.76. The first-order chi connectivity index (χ1) is 14.8. The van der Waals surface area contributed by atoms with E-state index in [2.05, 4.69) is 24.9 Å². The van der Waals surface area contributed by atoms with Crippen molar-refractivity contribution in [2.45, 2.75) is 25.4 Å². The van der Waals surface area contributed by atoms with Crippen LogP contribution in [0, 0.1) is 5.82 Å². The standard InChI is InChI=1S/C22H24FN5O2/c23-18-5-2-1-4-17(18)15-28-9-3-6-19(28)22-25-21(26-30-22)16-7-8-24-20(14-16)27-10-12-29-13-11-27/h1-2,4-5,7-8,14,19H,3,6,9-13,15H2. The number of nitrogens with zero attached hydrogens (tertiary/aromatic N) is 5. The predicted octanol–water partition coefficient (Wildman–Crippen LogP) is 3.44. The lowest BCUT2D eigenvalue weighted by atomic mass is 10.1.